The van der Waals surface area contributed by atoms with Crippen LogP contribution < -0.4 is 4.57 Å². The Morgan fingerprint density at radius 1 is 1.04 bits per heavy atom. The van der Waals surface area contributed by atoms with Gasteiger partial charge in [-0.2, -0.15) is 4.57 Å². The van der Waals surface area contributed by atoms with Crippen molar-refractivity contribution in [1.29, 1.82) is 0 Å². The fourth-order valence-electron chi connectivity index (χ4n) is 4.32. The first-order chi connectivity index (χ1) is 13.0. The molecule has 0 saturated heterocycles. The van der Waals surface area contributed by atoms with Gasteiger partial charge in [0.05, 0.1) is 8.13 Å². The van der Waals surface area contributed by atoms with Crippen molar-refractivity contribution in [3.63, 3.8) is 0 Å². The van der Waals surface area contributed by atoms with Gasteiger partial charge in [0, 0.05) is 18.6 Å². The lowest BCUT2D eigenvalue weighted by Gasteiger charge is -2.22. The van der Waals surface area contributed by atoms with Crippen LogP contribution in [0.2, 0.25) is 0 Å². The summed E-state index contributed by atoms with van der Waals surface area (Å²) in [5, 5.41) is 2.47. The molecule has 1 nitrogen and oxygen atoms in total. The highest BCUT2D eigenvalue weighted by molar-refractivity contribution is 5.94. The van der Waals surface area contributed by atoms with Crippen LogP contribution >= 0.6 is 0 Å². The van der Waals surface area contributed by atoms with Crippen molar-refractivity contribution in [3.8, 4) is 11.3 Å². The second-order valence-electron chi connectivity index (χ2n) is 7.51. The number of rotatable bonds is 2. The van der Waals surface area contributed by atoms with E-state index in [1.165, 1.54) is 54.1 Å². The van der Waals surface area contributed by atoms with Crippen LogP contribution in [0.5, 0.6) is 0 Å². The van der Waals surface area contributed by atoms with Gasteiger partial charge >= 0.3 is 0 Å². The third-order valence-electron chi connectivity index (χ3n) is 5.89. The van der Waals surface area contributed by atoms with Crippen LogP contribution in [-0.4, -0.2) is 0 Å². The van der Waals surface area contributed by atoms with Crippen LogP contribution in [0.25, 0.3) is 22.0 Å². The van der Waals surface area contributed by atoms with Gasteiger partial charge in [0.15, 0.2) is 5.69 Å². The fraction of sp³-hybridized carbons (Fsp3) is 0.375. The lowest BCUT2D eigenvalue weighted by atomic mass is 9.83. The monoisotopic (exact) mass is 332 g/mol. The van der Waals surface area contributed by atoms with Gasteiger partial charge in [0.2, 0.25) is 5.69 Å². The molecule has 1 saturated carbocycles. The summed E-state index contributed by atoms with van der Waals surface area (Å²) in [7, 11) is 2.08. The number of pyridine rings is 1. The van der Waals surface area contributed by atoms with Gasteiger partial charge in [-0.1, -0.05) is 49.5 Å². The molecule has 25 heavy (non-hydrogen) atoms. The average molecular weight is 333 g/mol. The molecule has 0 amide bonds. The summed E-state index contributed by atoms with van der Waals surface area (Å²) < 4.78 is 18.5. The van der Waals surface area contributed by atoms with E-state index in [2.05, 4.69) is 42.8 Å². The summed E-state index contributed by atoms with van der Waals surface area (Å²) in [5.41, 5.74) is 5.70. The number of benzene rings is 2. The Kier molecular flexibility index (Phi) is 3.73. The van der Waals surface area contributed by atoms with Gasteiger partial charge in [0.1, 0.15) is 7.05 Å². The molecular formula is C24H28N+. The summed E-state index contributed by atoms with van der Waals surface area (Å²) in [6.07, 6.45) is 6.68. The summed E-state index contributed by atoms with van der Waals surface area (Å²) in [4.78, 5) is 0. The molecule has 1 aliphatic rings. The van der Waals surface area contributed by atoms with Crippen molar-refractivity contribution < 1.29 is 7.31 Å². The predicted octanol–water partition coefficient (Wildman–Crippen LogP) is 6.00. The molecule has 0 unspecified atom stereocenters. The normalized spacial score (nSPS) is 16.8. The molecule has 1 aromatic heterocycles. The molecule has 0 atom stereocenters. The fourth-order valence-corrected chi connectivity index (χ4v) is 4.32. The predicted molar refractivity (Wildman–Crippen MR) is 106 cm³/mol. The molecule has 4 rings (SSSR count). The topological polar surface area (TPSA) is 3.88 Å². The van der Waals surface area contributed by atoms with Gasteiger partial charge in [-0.3, -0.25) is 0 Å². The highest BCUT2D eigenvalue weighted by Crippen LogP contribution is 2.35. The Bertz CT molecular complexity index is 1020. The second kappa shape index (κ2) is 6.63. The van der Waals surface area contributed by atoms with Gasteiger partial charge < -0.3 is 0 Å². The minimum atomic E-state index is 0.397. The first-order valence-electron chi connectivity index (χ1n) is 10.5. The molecular weight excluding hydrogens is 302 g/mol. The Balaban J connectivity index is 1.94. The van der Waals surface area contributed by atoms with E-state index in [4.69, 9.17) is 2.74 Å². The molecule has 0 N–H and O–H groups in total. The number of hydrogen-bond acceptors (Lipinski definition) is 0. The smallest absolute Gasteiger partial charge is 0.198 e. The minimum Gasteiger partial charge on any atom is -0.198 e. The lowest BCUT2D eigenvalue weighted by Crippen LogP contribution is -2.35. The third-order valence-corrected chi connectivity index (χ3v) is 5.89. The van der Waals surface area contributed by atoms with Crippen molar-refractivity contribution in [2.45, 2.75) is 51.9 Å². The molecule has 1 heteroatoms. The standard InChI is InChI=1S/C24H28N/c1-17-9-7-8-12-22(17)24-23-14-13-20(19-10-5-4-6-11-19)16-21(23)15-18(2)25(24)3/h7-9,12-16,19H,4-6,10-11H2,1-3H3/q+1/i8D,9D. The summed E-state index contributed by atoms with van der Waals surface area (Å²) in [5.74, 6) is 0.694. The Labute approximate surface area is 154 Å². The molecule has 1 fully saturated rings. The van der Waals surface area contributed by atoms with Gasteiger partial charge in [-0.05, 0) is 54.3 Å². The molecule has 0 aliphatic heterocycles. The number of nitrogens with zero attached hydrogens (tertiary/aromatic N) is 1. The van der Waals surface area contributed by atoms with Gasteiger partial charge in [0.25, 0.3) is 0 Å². The molecule has 1 heterocycles. The van der Waals surface area contributed by atoms with E-state index >= 15 is 0 Å². The van der Waals surface area contributed by atoms with E-state index in [0.717, 1.165) is 16.8 Å². The van der Waals surface area contributed by atoms with E-state index in [1.807, 2.05) is 13.0 Å². The van der Waals surface area contributed by atoms with Gasteiger partial charge in [-0.15, -0.1) is 0 Å². The van der Waals surface area contributed by atoms with Crippen molar-refractivity contribution in [2.75, 3.05) is 0 Å². The molecule has 0 radical (unpaired) electrons. The van der Waals surface area contributed by atoms with E-state index in [-0.39, 0.29) is 0 Å². The third kappa shape index (κ3) is 2.97. The minimum absolute atomic E-state index is 0.397. The maximum atomic E-state index is 8.22. The van der Waals surface area contributed by atoms with Crippen LogP contribution in [0.15, 0.2) is 48.5 Å². The first-order valence-corrected chi connectivity index (χ1v) is 9.47. The molecule has 2 aromatic carbocycles. The number of hydrogen-bond donors (Lipinski definition) is 0. The highest BCUT2D eigenvalue weighted by atomic mass is 14.9. The first kappa shape index (κ1) is 14.1. The van der Waals surface area contributed by atoms with Crippen molar-refractivity contribution in [3.05, 3.63) is 65.3 Å². The second-order valence-corrected chi connectivity index (χ2v) is 7.51. The molecule has 1 aliphatic carbocycles. The Hall–Kier alpha value is -2.15. The number of aromatic nitrogens is 1. The number of aryl methyl sites for hydroxylation is 1. The van der Waals surface area contributed by atoms with E-state index in [9.17, 15) is 0 Å². The van der Waals surface area contributed by atoms with Crippen molar-refractivity contribution in [1.82, 2.24) is 0 Å². The van der Waals surface area contributed by atoms with Crippen LogP contribution in [0.1, 0.15) is 57.6 Å². The molecule has 3 aromatic rings. The number of fused-ring (bicyclic) bond motifs is 1. The summed E-state index contributed by atoms with van der Waals surface area (Å²) in [6, 6.07) is 13.6. The quantitative estimate of drug-likeness (QED) is 0.507. The SMILES string of the molecule is [2H]c1cc([2H])c(C)c(-c2c3ccc(C4CCCCC4)cc3cc(C)[n+]2C)c1. The molecule has 0 spiro atoms. The van der Waals surface area contributed by atoms with Crippen LogP contribution in [0, 0.1) is 13.8 Å². The largest absolute Gasteiger partial charge is 0.220 e. The zero-order valence-electron chi connectivity index (χ0n) is 17.5. The maximum absolute atomic E-state index is 8.22. The van der Waals surface area contributed by atoms with Gasteiger partial charge in [-0.25, -0.2) is 0 Å². The van der Waals surface area contributed by atoms with E-state index < -0.39 is 0 Å². The average Bonchev–Trinajstić information content (AvgIpc) is 2.66. The van der Waals surface area contributed by atoms with Crippen LogP contribution in [-0.2, 0) is 7.05 Å². The highest BCUT2D eigenvalue weighted by Gasteiger charge is 2.21. The van der Waals surface area contributed by atoms with E-state index in [0.29, 0.717) is 18.0 Å². The zero-order chi connectivity index (χ0) is 19.1. The molecule has 128 valence electrons. The molecule has 0 bridgehead atoms. The van der Waals surface area contributed by atoms with Crippen molar-refractivity contribution >= 4 is 10.8 Å². The summed E-state index contributed by atoms with van der Waals surface area (Å²) >= 11 is 0. The van der Waals surface area contributed by atoms with E-state index in [1.54, 1.807) is 6.07 Å². The Morgan fingerprint density at radius 2 is 1.84 bits per heavy atom. The van der Waals surface area contributed by atoms with Crippen LogP contribution in [0.3, 0.4) is 0 Å². The lowest BCUT2D eigenvalue weighted by molar-refractivity contribution is -0.665. The van der Waals surface area contributed by atoms with Crippen molar-refractivity contribution in [2.24, 2.45) is 7.05 Å². The van der Waals surface area contributed by atoms with Crippen LogP contribution in [0.4, 0.5) is 0 Å². The Morgan fingerprint density at radius 3 is 2.64 bits per heavy atom. The zero-order valence-corrected chi connectivity index (χ0v) is 15.5. The maximum Gasteiger partial charge on any atom is 0.220 e. The summed E-state index contributed by atoms with van der Waals surface area (Å²) in [6.45, 7) is 4.12.